The predicted molar refractivity (Wildman–Crippen MR) is 126 cm³/mol. The molecule has 1 saturated heterocycles. The highest BCUT2D eigenvalue weighted by Crippen LogP contribution is 2.32. The first-order chi connectivity index (χ1) is 15.8. The first-order valence-corrected chi connectivity index (χ1v) is 10.9. The fourth-order valence-corrected chi connectivity index (χ4v) is 3.71. The van der Waals surface area contributed by atoms with Crippen LogP contribution in [0.4, 0.5) is 14.9 Å². The van der Waals surface area contributed by atoms with E-state index in [1.165, 1.54) is 12.1 Å². The minimum absolute atomic E-state index is 0.0214. The molecule has 0 spiro atoms. The molecule has 2 unspecified atom stereocenters. The van der Waals surface area contributed by atoms with Gasteiger partial charge in [0.2, 0.25) is 5.91 Å². The molecule has 0 aliphatic carbocycles. The van der Waals surface area contributed by atoms with Crippen molar-refractivity contribution in [2.24, 2.45) is 5.92 Å². The summed E-state index contributed by atoms with van der Waals surface area (Å²) in [5.41, 5.74) is 1.51. The number of hydrogen-bond donors (Lipinski definition) is 4. The van der Waals surface area contributed by atoms with Gasteiger partial charge in [-0.1, -0.05) is 43.7 Å². The summed E-state index contributed by atoms with van der Waals surface area (Å²) in [5, 5.41) is 22.7. The Kier molecular flexibility index (Phi) is 7.94. The lowest BCUT2D eigenvalue weighted by Gasteiger charge is -2.45. The minimum Gasteiger partial charge on any atom is -0.466 e. The summed E-state index contributed by atoms with van der Waals surface area (Å²) in [4.78, 5) is 24.5. The normalized spacial score (nSPS) is 17.0. The third-order valence-electron chi connectivity index (χ3n) is 5.16. The Morgan fingerprint density at radius 2 is 2.00 bits per heavy atom. The summed E-state index contributed by atoms with van der Waals surface area (Å²) in [6.45, 7) is 2.08. The number of nitrogens with zero attached hydrogens (tertiary/aromatic N) is 1. The van der Waals surface area contributed by atoms with Gasteiger partial charge in [-0.2, -0.15) is 0 Å². The SMILES string of the molecule is CCCC(=N)C1CN(C(=O)O)C1Oc1ccc(NC(=S)NC(=O)Cc2ccccc2)cc1F. The molecule has 0 radical (unpaired) electrons. The maximum Gasteiger partial charge on any atom is 0.410 e. The monoisotopic (exact) mass is 472 g/mol. The molecule has 10 heteroatoms. The quantitative estimate of drug-likeness (QED) is 0.341. The number of thiocarbonyl (C=S) groups is 1. The second kappa shape index (κ2) is 10.9. The molecule has 2 amide bonds. The number of hydrogen-bond acceptors (Lipinski definition) is 5. The van der Waals surface area contributed by atoms with Crippen molar-refractivity contribution in [3.63, 3.8) is 0 Å². The van der Waals surface area contributed by atoms with Gasteiger partial charge in [-0.25, -0.2) is 9.18 Å². The lowest BCUT2D eigenvalue weighted by atomic mass is 9.89. The Morgan fingerprint density at radius 1 is 1.27 bits per heavy atom. The molecular formula is C23H25FN4O4S. The molecule has 2 aromatic carbocycles. The molecule has 0 saturated carbocycles. The summed E-state index contributed by atoms with van der Waals surface area (Å²) in [6.07, 6.45) is -0.703. The van der Waals surface area contributed by atoms with E-state index in [-0.39, 0.29) is 29.7 Å². The Bertz CT molecular complexity index is 1050. The number of nitrogens with one attached hydrogen (secondary N) is 3. The van der Waals surface area contributed by atoms with Gasteiger partial charge in [-0.05, 0) is 36.3 Å². The Balaban J connectivity index is 1.59. The summed E-state index contributed by atoms with van der Waals surface area (Å²) >= 11 is 5.12. The molecule has 33 heavy (non-hydrogen) atoms. The highest BCUT2D eigenvalue weighted by Gasteiger charge is 2.46. The molecule has 2 atom stereocenters. The number of rotatable bonds is 8. The first-order valence-electron chi connectivity index (χ1n) is 10.5. The zero-order valence-corrected chi connectivity index (χ0v) is 18.8. The third kappa shape index (κ3) is 6.26. The largest absolute Gasteiger partial charge is 0.466 e. The van der Waals surface area contributed by atoms with Gasteiger partial charge >= 0.3 is 6.09 Å². The van der Waals surface area contributed by atoms with Gasteiger partial charge < -0.3 is 25.9 Å². The van der Waals surface area contributed by atoms with Gasteiger partial charge in [0, 0.05) is 24.0 Å². The van der Waals surface area contributed by atoms with Gasteiger partial charge in [0.1, 0.15) is 0 Å². The smallest absolute Gasteiger partial charge is 0.410 e. The molecule has 1 aliphatic heterocycles. The van der Waals surface area contributed by atoms with E-state index >= 15 is 0 Å². The van der Waals surface area contributed by atoms with Crippen LogP contribution in [0.5, 0.6) is 5.75 Å². The number of benzene rings is 2. The van der Waals surface area contributed by atoms with Crippen LogP contribution in [0.25, 0.3) is 0 Å². The highest BCUT2D eigenvalue weighted by molar-refractivity contribution is 7.80. The number of carboxylic acid groups (broad SMARTS) is 1. The maximum absolute atomic E-state index is 14.7. The average Bonchev–Trinajstić information content (AvgIpc) is 2.72. The van der Waals surface area contributed by atoms with Gasteiger partial charge in [-0.15, -0.1) is 0 Å². The van der Waals surface area contributed by atoms with Crippen molar-refractivity contribution in [2.75, 3.05) is 11.9 Å². The molecular weight excluding hydrogens is 447 g/mol. The van der Waals surface area contributed by atoms with Crippen molar-refractivity contribution in [3.8, 4) is 5.75 Å². The van der Waals surface area contributed by atoms with E-state index in [0.717, 1.165) is 23.0 Å². The van der Waals surface area contributed by atoms with E-state index in [1.54, 1.807) is 0 Å². The van der Waals surface area contributed by atoms with E-state index in [9.17, 15) is 19.1 Å². The van der Waals surface area contributed by atoms with E-state index in [4.69, 9.17) is 22.4 Å². The predicted octanol–water partition coefficient (Wildman–Crippen LogP) is 4.02. The Hall–Kier alpha value is -3.53. The summed E-state index contributed by atoms with van der Waals surface area (Å²) < 4.78 is 20.3. The number of likely N-dealkylation sites (tertiary alicyclic amines) is 1. The van der Waals surface area contributed by atoms with Crippen LogP contribution in [0.2, 0.25) is 0 Å². The molecule has 1 fully saturated rings. The zero-order valence-electron chi connectivity index (χ0n) is 18.0. The van der Waals surface area contributed by atoms with Crippen LogP contribution in [-0.4, -0.2) is 45.6 Å². The van der Waals surface area contributed by atoms with Crippen molar-refractivity contribution in [1.29, 1.82) is 5.41 Å². The summed E-state index contributed by atoms with van der Waals surface area (Å²) in [5.74, 6) is -1.58. The van der Waals surface area contributed by atoms with E-state index < -0.39 is 24.1 Å². The van der Waals surface area contributed by atoms with Crippen molar-refractivity contribution < 1.29 is 23.8 Å². The van der Waals surface area contributed by atoms with Crippen molar-refractivity contribution in [3.05, 3.63) is 59.9 Å². The molecule has 3 rings (SSSR count). The summed E-state index contributed by atoms with van der Waals surface area (Å²) in [6, 6.07) is 13.2. The number of ether oxygens (including phenoxy) is 1. The standard InChI is InChI=1S/C23H25FN4O4S/c1-2-6-18(25)16-13-28(23(30)31)21(16)32-19-10-9-15(12-17(19)24)26-22(33)27-20(29)11-14-7-4-3-5-8-14/h3-5,7-10,12,16,21,25H,2,6,11,13H2,1H3,(H,30,31)(H2,26,27,29,33). The van der Waals surface area contributed by atoms with Crippen LogP contribution < -0.4 is 15.4 Å². The zero-order chi connectivity index (χ0) is 24.0. The Labute approximate surface area is 196 Å². The van der Waals surface area contributed by atoms with Crippen molar-refractivity contribution in [2.45, 2.75) is 32.4 Å². The van der Waals surface area contributed by atoms with Crippen LogP contribution in [0, 0.1) is 17.1 Å². The number of anilines is 1. The number of halogens is 1. The fourth-order valence-electron chi connectivity index (χ4n) is 3.47. The molecule has 0 aromatic heterocycles. The summed E-state index contributed by atoms with van der Waals surface area (Å²) in [7, 11) is 0. The molecule has 1 aliphatic rings. The van der Waals surface area contributed by atoms with Crippen molar-refractivity contribution >= 4 is 40.7 Å². The highest BCUT2D eigenvalue weighted by atomic mass is 32.1. The van der Waals surface area contributed by atoms with Crippen LogP contribution in [0.3, 0.4) is 0 Å². The molecule has 1 heterocycles. The van der Waals surface area contributed by atoms with Crippen LogP contribution in [0.15, 0.2) is 48.5 Å². The average molecular weight is 473 g/mol. The Morgan fingerprint density at radius 3 is 2.64 bits per heavy atom. The third-order valence-corrected chi connectivity index (χ3v) is 5.36. The maximum atomic E-state index is 14.7. The van der Waals surface area contributed by atoms with Crippen LogP contribution >= 0.6 is 12.2 Å². The second-order valence-corrected chi connectivity index (χ2v) is 8.04. The van der Waals surface area contributed by atoms with Crippen molar-refractivity contribution in [1.82, 2.24) is 10.2 Å². The minimum atomic E-state index is -1.18. The van der Waals surface area contributed by atoms with Gasteiger partial charge in [-0.3, -0.25) is 9.69 Å². The van der Waals surface area contributed by atoms with E-state index in [2.05, 4.69) is 10.6 Å². The number of carbonyl (C=O) groups excluding carboxylic acids is 1. The topological polar surface area (TPSA) is 115 Å². The first kappa shape index (κ1) is 24.1. The molecule has 8 nitrogen and oxygen atoms in total. The van der Waals surface area contributed by atoms with Crippen LogP contribution in [0.1, 0.15) is 25.3 Å². The fraction of sp³-hybridized carbons (Fsp3) is 0.304. The molecule has 4 N–H and O–H groups in total. The van der Waals surface area contributed by atoms with E-state index in [0.29, 0.717) is 17.8 Å². The van der Waals surface area contributed by atoms with Gasteiger partial charge in [0.05, 0.1) is 12.3 Å². The van der Waals surface area contributed by atoms with Gasteiger partial charge in [0.25, 0.3) is 0 Å². The van der Waals surface area contributed by atoms with Gasteiger partial charge in [0.15, 0.2) is 22.9 Å². The molecule has 174 valence electrons. The van der Waals surface area contributed by atoms with Crippen LogP contribution in [-0.2, 0) is 11.2 Å². The molecule has 0 bridgehead atoms. The second-order valence-electron chi connectivity index (χ2n) is 7.63. The number of carbonyl (C=O) groups is 2. The molecule has 2 aromatic rings. The lowest BCUT2D eigenvalue weighted by Crippen LogP contribution is -2.63. The lowest BCUT2D eigenvalue weighted by molar-refractivity contribution is -0.119. The van der Waals surface area contributed by atoms with E-state index in [1.807, 2.05) is 37.3 Å². The number of amides is 2.